The van der Waals surface area contributed by atoms with Gasteiger partial charge in [0.2, 0.25) is 0 Å². The highest BCUT2D eigenvalue weighted by atomic mass is 32.1. The maximum Gasteiger partial charge on any atom is 0.328 e. The summed E-state index contributed by atoms with van der Waals surface area (Å²) in [6.07, 6.45) is 4.03. The number of pyridine rings is 1. The van der Waals surface area contributed by atoms with Crippen LogP contribution in [0.15, 0.2) is 30.5 Å². The van der Waals surface area contributed by atoms with Gasteiger partial charge in [0.15, 0.2) is 0 Å². The second-order valence-corrected chi connectivity index (χ2v) is 11.9. The predicted octanol–water partition coefficient (Wildman–Crippen LogP) is 2.93. The van der Waals surface area contributed by atoms with E-state index in [0.29, 0.717) is 49.2 Å². The van der Waals surface area contributed by atoms with E-state index in [-0.39, 0.29) is 17.9 Å². The van der Waals surface area contributed by atoms with Crippen LogP contribution in [-0.4, -0.2) is 89.1 Å². The van der Waals surface area contributed by atoms with Gasteiger partial charge in [0.1, 0.15) is 16.1 Å². The summed E-state index contributed by atoms with van der Waals surface area (Å²) in [6, 6.07) is 7.43. The standard InChI is InChI=1S/C27H36N6O4S/c1-4-28-25(36)31-22-19(15-21(38-22)20-7-5-6-10-29-20)23(34)32-12-8-18(9-13-32)33-14-11-30-27(17-33)16-26(2,3)37-24(27)35/h5-7,10,15,18,30H,4,8-9,11-14,16-17H2,1-3H3,(H2,28,31,36). The fourth-order valence-electron chi connectivity index (χ4n) is 5.86. The summed E-state index contributed by atoms with van der Waals surface area (Å²) in [6.45, 7) is 9.73. The average molecular weight is 541 g/mol. The number of carbonyl (C=O) groups excluding carboxylic acids is 3. The molecule has 0 radical (unpaired) electrons. The third-order valence-corrected chi connectivity index (χ3v) is 8.61. The zero-order chi connectivity index (χ0) is 26.9. The number of amides is 3. The molecule has 2 aromatic rings. The van der Waals surface area contributed by atoms with Crippen LogP contribution < -0.4 is 16.0 Å². The van der Waals surface area contributed by atoms with Gasteiger partial charge in [-0.2, -0.15) is 0 Å². The number of piperidine rings is 1. The van der Waals surface area contributed by atoms with E-state index in [1.165, 1.54) is 11.3 Å². The van der Waals surface area contributed by atoms with Crippen molar-refractivity contribution in [1.82, 2.24) is 25.4 Å². The van der Waals surface area contributed by atoms with Crippen LogP contribution in [0.4, 0.5) is 9.80 Å². The van der Waals surface area contributed by atoms with Crippen LogP contribution in [0, 0.1) is 0 Å². The lowest BCUT2D eigenvalue weighted by atomic mass is 9.86. The van der Waals surface area contributed by atoms with Crippen molar-refractivity contribution in [1.29, 1.82) is 0 Å². The van der Waals surface area contributed by atoms with E-state index in [1.807, 2.05) is 49.9 Å². The quantitative estimate of drug-likeness (QED) is 0.500. The van der Waals surface area contributed by atoms with Crippen LogP contribution in [0.5, 0.6) is 0 Å². The second-order valence-electron chi connectivity index (χ2n) is 10.9. The number of rotatable bonds is 5. The van der Waals surface area contributed by atoms with Gasteiger partial charge in [-0.3, -0.25) is 25.3 Å². The number of urea groups is 1. The first-order valence-electron chi connectivity index (χ1n) is 13.3. The van der Waals surface area contributed by atoms with E-state index in [0.717, 1.165) is 36.5 Å². The molecule has 38 heavy (non-hydrogen) atoms. The number of cyclic esters (lactones) is 1. The molecule has 3 saturated heterocycles. The van der Waals surface area contributed by atoms with E-state index in [1.54, 1.807) is 6.20 Å². The number of carbonyl (C=O) groups is 3. The second kappa shape index (κ2) is 10.6. The molecule has 3 aliphatic heterocycles. The number of thiophene rings is 1. The Morgan fingerprint density at radius 3 is 2.68 bits per heavy atom. The number of nitrogens with zero attached hydrogens (tertiary/aromatic N) is 3. The maximum atomic E-state index is 13.7. The Hall–Kier alpha value is -3.02. The van der Waals surface area contributed by atoms with Crippen LogP contribution in [0.2, 0.25) is 0 Å². The molecule has 11 heteroatoms. The molecule has 5 rings (SSSR count). The third kappa shape index (κ3) is 5.41. The van der Waals surface area contributed by atoms with Crippen LogP contribution in [-0.2, 0) is 9.53 Å². The molecule has 3 aliphatic rings. The van der Waals surface area contributed by atoms with Crippen molar-refractivity contribution in [2.75, 3.05) is 44.6 Å². The molecule has 5 heterocycles. The summed E-state index contributed by atoms with van der Waals surface area (Å²) >= 11 is 1.35. The van der Waals surface area contributed by atoms with E-state index >= 15 is 0 Å². The molecule has 0 bridgehead atoms. The SMILES string of the molecule is CCNC(=O)Nc1sc(-c2ccccn2)cc1C(=O)N1CCC(N2CCNC3(C2)CC(C)(C)OC3=O)CC1. The Balaban J connectivity index is 1.27. The van der Waals surface area contributed by atoms with Crippen molar-refractivity contribution in [3.8, 4) is 10.6 Å². The number of hydrogen-bond donors (Lipinski definition) is 3. The van der Waals surface area contributed by atoms with E-state index in [4.69, 9.17) is 4.74 Å². The Bertz CT molecular complexity index is 1190. The zero-order valence-electron chi connectivity index (χ0n) is 22.2. The van der Waals surface area contributed by atoms with Crippen molar-refractivity contribution in [3.05, 3.63) is 36.0 Å². The van der Waals surface area contributed by atoms with Gasteiger partial charge >= 0.3 is 12.0 Å². The summed E-state index contributed by atoms with van der Waals surface area (Å²) in [5.74, 6) is -0.250. The number of ether oxygens (including phenoxy) is 1. The molecule has 0 saturated carbocycles. The largest absolute Gasteiger partial charge is 0.458 e. The first-order chi connectivity index (χ1) is 18.2. The number of nitrogens with one attached hydrogen (secondary N) is 3. The first kappa shape index (κ1) is 26.6. The van der Waals surface area contributed by atoms with Crippen molar-refractivity contribution in [3.63, 3.8) is 0 Å². The number of hydrogen-bond acceptors (Lipinski definition) is 8. The van der Waals surface area contributed by atoms with Crippen molar-refractivity contribution in [2.45, 2.75) is 57.2 Å². The monoisotopic (exact) mass is 540 g/mol. The molecule has 2 aromatic heterocycles. The topological polar surface area (TPSA) is 116 Å². The average Bonchev–Trinajstić information content (AvgIpc) is 3.41. The first-order valence-corrected chi connectivity index (χ1v) is 14.1. The lowest BCUT2D eigenvalue weighted by Gasteiger charge is -2.45. The molecule has 1 atom stereocenters. The number of piperazine rings is 1. The minimum atomic E-state index is -0.646. The molecule has 1 unspecified atom stereocenters. The summed E-state index contributed by atoms with van der Waals surface area (Å²) in [7, 11) is 0. The summed E-state index contributed by atoms with van der Waals surface area (Å²) in [5, 5.41) is 9.55. The van der Waals surface area contributed by atoms with Gasteiger partial charge in [0, 0.05) is 57.9 Å². The lowest BCUT2D eigenvalue weighted by molar-refractivity contribution is -0.151. The van der Waals surface area contributed by atoms with Gasteiger partial charge in [0.25, 0.3) is 5.91 Å². The maximum absolute atomic E-state index is 13.7. The fraction of sp³-hybridized carbons (Fsp3) is 0.556. The van der Waals surface area contributed by atoms with Gasteiger partial charge in [-0.25, -0.2) is 9.59 Å². The van der Waals surface area contributed by atoms with Gasteiger partial charge < -0.3 is 15.0 Å². The molecule has 0 aliphatic carbocycles. The molecule has 3 fully saturated rings. The Morgan fingerprint density at radius 1 is 1.24 bits per heavy atom. The van der Waals surface area contributed by atoms with Gasteiger partial charge in [0.05, 0.1) is 16.1 Å². The van der Waals surface area contributed by atoms with Crippen LogP contribution >= 0.6 is 11.3 Å². The molecule has 3 amide bonds. The number of aromatic nitrogens is 1. The summed E-state index contributed by atoms with van der Waals surface area (Å²) in [4.78, 5) is 48.2. The highest BCUT2D eigenvalue weighted by Gasteiger charge is 2.55. The Morgan fingerprint density at radius 2 is 2.03 bits per heavy atom. The highest BCUT2D eigenvalue weighted by molar-refractivity contribution is 7.20. The minimum Gasteiger partial charge on any atom is -0.458 e. The molecular weight excluding hydrogens is 504 g/mol. The number of likely N-dealkylation sites (tertiary alicyclic amines) is 1. The van der Waals surface area contributed by atoms with Crippen molar-refractivity contribution in [2.24, 2.45) is 0 Å². The number of esters is 1. The highest BCUT2D eigenvalue weighted by Crippen LogP contribution is 2.38. The van der Waals surface area contributed by atoms with Gasteiger partial charge in [-0.05, 0) is 51.8 Å². The fourth-order valence-corrected chi connectivity index (χ4v) is 6.88. The van der Waals surface area contributed by atoms with Gasteiger partial charge in [-0.15, -0.1) is 11.3 Å². The Kier molecular flexibility index (Phi) is 7.43. The zero-order valence-corrected chi connectivity index (χ0v) is 23.0. The predicted molar refractivity (Wildman–Crippen MR) is 146 cm³/mol. The third-order valence-electron chi connectivity index (χ3n) is 7.53. The molecule has 3 N–H and O–H groups in total. The molecule has 204 valence electrons. The molecular formula is C27H36N6O4S. The molecule has 1 spiro atoms. The number of anilines is 1. The lowest BCUT2D eigenvalue weighted by Crippen LogP contribution is -2.65. The van der Waals surface area contributed by atoms with Crippen LogP contribution in [0.3, 0.4) is 0 Å². The summed E-state index contributed by atoms with van der Waals surface area (Å²) < 4.78 is 5.64. The van der Waals surface area contributed by atoms with Crippen molar-refractivity contribution >= 4 is 34.2 Å². The Labute approximate surface area is 227 Å². The normalized spacial score (nSPS) is 23.9. The molecule has 0 aromatic carbocycles. The van der Waals surface area contributed by atoms with Crippen LogP contribution in [0.1, 0.15) is 50.4 Å². The van der Waals surface area contributed by atoms with E-state index in [2.05, 4.69) is 25.8 Å². The summed E-state index contributed by atoms with van der Waals surface area (Å²) in [5.41, 5.74) is 0.136. The molecule has 10 nitrogen and oxygen atoms in total. The van der Waals surface area contributed by atoms with Gasteiger partial charge in [-0.1, -0.05) is 6.07 Å². The van der Waals surface area contributed by atoms with E-state index < -0.39 is 11.1 Å². The van der Waals surface area contributed by atoms with E-state index in [9.17, 15) is 14.4 Å². The minimum absolute atomic E-state index is 0.0911. The van der Waals surface area contributed by atoms with Crippen LogP contribution in [0.25, 0.3) is 10.6 Å². The smallest absolute Gasteiger partial charge is 0.328 e. The van der Waals surface area contributed by atoms with Crippen molar-refractivity contribution < 1.29 is 19.1 Å².